The molecule has 4 aliphatic heterocycles. The van der Waals surface area contributed by atoms with Gasteiger partial charge in [0.25, 0.3) is 0 Å². The van der Waals surface area contributed by atoms with Gasteiger partial charge in [0, 0.05) is 11.8 Å². The minimum Gasteiger partial charge on any atom is -0.373 e. The summed E-state index contributed by atoms with van der Waals surface area (Å²) in [5.41, 5.74) is -0.270. The summed E-state index contributed by atoms with van der Waals surface area (Å²) in [5.74, 6) is 0.455. The summed E-state index contributed by atoms with van der Waals surface area (Å²) in [6.07, 6.45) is 7.88. The maximum Gasteiger partial charge on any atom is 0.139 e. The van der Waals surface area contributed by atoms with Gasteiger partial charge >= 0.3 is 0 Å². The van der Waals surface area contributed by atoms with Crippen LogP contribution in [0.1, 0.15) is 44.9 Å². The van der Waals surface area contributed by atoms with Crippen LogP contribution in [0.2, 0.25) is 0 Å². The highest BCUT2D eigenvalue weighted by Gasteiger charge is 2.62. The smallest absolute Gasteiger partial charge is 0.139 e. The number of carbonyl (C=O) groups excluding carboxylic acids is 1. The summed E-state index contributed by atoms with van der Waals surface area (Å²) in [5, 5.41) is 0. The van der Waals surface area contributed by atoms with Crippen molar-refractivity contribution in [1.29, 1.82) is 0 Å². The summed E-state index contributed by atoms with van der Waals surface area (Å²) in [4.78, 5) is 13.3. The molecule has 5 aliphatic rings. The van der Waals surface area contributed by atoms with Crippen LogP contribution in [0, 0.1) is 10.8 Å². The first-order chi connectivity index (χ1) is 11.2. The Labute approximate surface area is 137 Å². The lowest BCUT2D eigenvalue weighted by Crippen LogP contribution is -2.53. The van der Waals surface area contributed by atoms with Gasteiger partial charge in [0.15, 0.2) is 0 Å². The molecule has 4 unspecified atom stereocenters. The highest BCUT2D eigenvalue weighted by atomic mass is 16.6. The molecule has 23 heavy (non-hydrogen) atoms. The van der Waals surface area contributed by atoms with Crippen LogP contribution in [0.15, 0.2) is 0 Å². The molecule has 4 atom stereocenters. The van der Waals surface area contributed by atoms with Gasteiger partial charge in [-0.2, -0.15) is 0 Å². The van der Waals surface area contributed by atoms with Crippen LogP contribution in [-0.2, 0) is 23.7 Å². The Morgan fingerprint density at radius 1 is 0.783 bits per heavy atom. The number of hydrogen-bond acceptors (Lipinski definition) is 5. The van der Waals surface area contributed by atoms with E-state index in [1.807, 2.05) is 0 Å². The van der Waals surface area contributed by atoms with Gasteiger partial charge < -0.3 is 18.9 Å². The fraction of sp³-hybridized carbons (Fsp3) is 0.944. The van der Waals surface area contributed by atoms with E-state index in [1.54, 1.807) is 0 Å². The van der Waals surface area contributed by atoms with E-state index >= 15 is 0 Å². The van der Waals surface area contributed by atoms with Crippen molar-refractivity contribution in [2.24, 2.45) is 10.8 Å². The maximum absolute atomic E-state index is 13.3. The van der Waals surface area contributed by atoms with Crippen molar-refractivity contribution in [3.8, 4) is 0 Å². The Hall–Kier alpha value is -0.490. The summed E-state index contributed by atoms with van der Waals surface area (Å²) < 4.78 is 22.3. The van der Waals surface area contributed by atoms with Gasteiger partial charge in [0.2, 0.25) is 0 Å². The third kappa shape index (κ3) is 2.86. The van der Waals surface area contributed by atoms with Crippen molar-refractivity contribution in [2.45, 2.75) is 69.4 Å². The second-order valence-electron chi connectivity index (χ2n) is 8.28. The Bertz CT molecular complexity index is 460. The summed E-state index contributed by atoms with van der Waals surface area (Å²) in [7, 11) is 0. The molecule has 1 saturated carbocycles. The largest absolute Gasteiger partial charge is 0.373 e. The lowest BCUT2D eigenvalue weighted by atomic mass is 9.49. The van der Waals surface area contributed by atoms with Crippen molar-refractivity contribution >= 4 is 5.78 Å². The summed E-state index contributed by atoms with van der Waals surface area (Å²) >= 11 is 0. The molecule has 128 valence electrons. The van der Waals surface area contributed by atoms with Gasteiger partial charge in [-0.25, -0.2) is 0 Å². The summed E-state index contributed by atoms with van der Waals surface area (Å²) in [6, 6.07) is 0. The quantitative estimate of drug-likeness (QED) is 0.638. The molecule has 0 N–H and O–H groups in total. The predicted molar refractivity (Wildman–Crippen MR) is 81.2 cm³/mol. The minimum atomic E-state index is -0.286. The van der Waals surface area contributed by atoms with E-state index in [0.717, 1.165) is 71.4 Å². The molecule has 0 aromatic carbocycles. The van der Waals surface area contributed by atoms with Crippen molar-refractivity contribution in [1.82, 2.24) is 0 Å². The third-order valence-electron chi connectivity index (χ3n) is 6.61. The third-order valence-corrected chi connectivity index (χ3v) is 6.61. The SMILES string of the molecule is O=C1CCCC(CC2CO2)(CC2CO2)C1(CC1CO1)CC1CO1. The van der Waals surface area contributed by atoms with E-state index in [4.69, 9.17) is 18.9 Å². The Balaban J connectivity index is 1.51. The number of Topliss-reactive ketones (excluding diaryl/α,β-unsaturated/α-hetero) is 1. The highest BCUT2D eigenvalue weighted by Crippen LogP contribution is 2.62. The molecule has 4 heterocycles. The molecule has 0 bridgehead atoms. The van der Waals surface area contributed by atoms with Crippen LogP contribution >= 0.6 is 0 Å². The summed E-state index contributed by atoms with van der Waals surface area (Å²) in [6.45, 7) is 3.35. The Morgan fingerprint density at radius 3 is 1.65 bits per heavy atom. The minimum absolute atomic E-state index is 0.0164. The molecule has 0 amide bonds. The number of hydrogen-bond donors (Lipinski definition) is 0. The molecule has 5 fully saturated rings. The lowest BCUT2D eigenvalue weighted by Gasteiger charge is -2.53. The first-order valence-electron chi connectivity index (χ1n) is 9.19. The number of epoxide rings is 4. The zero-order valence-electron chi connectivity index (χ0n) is 13.6. The Kier molecular flexibility index (Phi) is 3.38. The average molecular weight is 322 g/mol. The van der Waals surface area contributed by atoms with Gasteiger partial charge in [0.1, 0.15) is 5.78 Å². The van der Waals surface area contributed by atoms with Crippen molar-refractivity contribution in [3.63, 3.8) is 0 Å². The fourth-order valence-electron chi connectivity index (χ4n) is 5.18. The standard InChI is InChI=1S/C18H26O5/c19-16-2-1-3-17(4-12-8-20-12,5-13-9-21-13)18(16,6-14-10-22-14)7-15-11-23-15/h12-15H,1-11H2. The van der Waals surface area contributed by atoms with E-state index in [9.17, 15) is 4.79 Å². The van der Waals surface area contributed by atoms with Crippen molar-refractivity contribution in [3.05, 3.63) is 0 Å². The number of ketones is 1. The lowest BCUT2D eigenvalue weighted by molar-refractivity contribution is -0.149. The van der Waals surface area contributed by atoms with Gasteiger partial charge in [-0.1, -0.05) is 0 Å². The first-order valence-corrected chi connectivity index (χ1v) is 9.19. The van der Waals surface area contributed by atoms with Gasteiger partial charge in [0.05, 0.1) is 50.8 Å². The highest BCUT2D eigenvalue weighted by molar-refractivity contribution is 5.87. The molecule has 0 aromatic rings. The van der Waals surface area contributed by atoms with E-state index in [0.29, 0.717) is 18.0 Å². The van der Waals surface area contributed by atoms with Crippen LogP contribution in [0.4, 0.5) is 0 Å². The van der Waals surface area contributed by atoms with Crippen LogP contribution < -0.4 is 0 Å². The predicted octanol–water partition coefficient (Wildman–Crippen LogP) is 1.87. The maximum atomic E-state index is 13.3. The van der Waals surface area contributed by atoms with Crippen LogP contribution in [-0.4, -0.2) is 56.6 Å². The van der Waals surface area contributed by atoms with Crippen LogP contribution in [0.25, 0.3) is 0 Å². The Morgan fingerprint density at radius 2 is 1.22 bits per heavy atom. The van der Waals surface area contributed by atoms with Crippen molar-refractivity contribution in [2.75, 3.05) is 26.4 Å². The van der Waals surface area contributed by atoms with E-state index in [2.05, 4.69) is 0 Å². The fourth-order valence-corrected chi connectivity index (χ4v) is 5.18. The second-order valence-corrected chi connectivity index (χ2v) is 8.28. The molecule has 4 saturated heterocycles. The van der Waals surface area contributed by atoms with Crippen molar-refractivity contribution < 1.29 is 23.7 Å². The molecule has 0 radical (unpaired) electrons. The molecular formula is C18H26O5. The topological polar surface area (TPSA) is 67.2 Å². The van der Waals surface area contributed by atoms with Crippen LogP contribution in [0.3, 0.4) is 0 Å². The van der Waals surface area contributed by atoms with E-state index < -0.39 is 0 Å². The molecule has 0 spiro atoms. The van der Waals surface area contributed by atoms with E-state index in [-0.39, 0.29) is 23.0 Å². The first kappa shape index (κ1) is 14.8. The van der Waals surface area contributed by atoms with Gasteiger partial charge in [-0.05, 0) is 43.9 Å². The second kappa shape index (κ2) is 5.25. The number of ether oxygens (including phenoxy) is 4. The van der Waals surface area contributed by atoms with Gasteiger partial charge in [-0.3, -0.25) is 4.79 Å². The molecule has 5 heteroatoms. The molecule has 1 aliphatic carbocycles. The number of carbonyl (C=O) groups is 1. The van der Waals surface area contributed by atoms with Crippen LogP contribution in [0.5, 0.6) is 0 Å². The molecule has 5 nitrogen and oxygen atoms in total. The van der Waals surface area contributed by atoms with E-state index in [1.165, 1.54) is 0 Å². The molecule has 5 rings (SSSR count). The average Bonchev–Trinajstić information content (AvgIpc) is 3.29. The zero-order valence-corrected chi connectivity index (χ0v) is 13.6. The molecular weight excluding hydrogens is 296 g/mol. The normalized spacial score (nSPS) is 50.7. The molecule has 0 aromatic heterocycles. The monoisotopic (exact) mass is 322 g/mol. The van der Waals surface area contributed by atoms with Gasteiger partial charge in [-0.15, -0.1) is 0 Å². The number of rotatable bonds is 8. The zero-order chi connectivity index (χ0) is 15.5.